The van der Waals surface area contributed by atoms with Crippen molar-refractivity contribution in [3.05, 3.63) is 0 Å². The van der Waals surface area contributed by atoms with E-state index in [0.717, 1.165) is 25.7 Å². The van der Waals surface area contributed by atoms with Crippen LogP contribution in [0.4, 0.5) is 0 Å². The number of rotatable bonds is 5. The normalized spacial score (nSPS) is 27.8. The zero-order chi connectivity index (χ0) is 14.6. The Balaban J connectivity index is 1.96. The summed E-state index contributed by atoms with van der Waals surface area (Å²) >= 11 is 5.85. The van der Waals surface area contributed by atoms with Crippen LogP contribution in [0.25, 0.3) is 0 Å². The van der Waals surface area contributed by atoms with E-state index in [0.29, 0.717) is 44.6 Å². The van der Waals surface area contributed by atoms with E-state index in [2.05, 4.69) is 0 Å². The lowest BCUT2D eigenvalue weighted by Gasteiger charge is -2.37. The molecule has 0 amide bonds. The van der Waals surface area contributed by atoms with Crippen molar-refractivity contribution in [1.29, 1.82) is 0 Å². The van der Waals surface area contributed by atoms with Gasteiger partial charge >= 0.3 is 0 Å². The summed E-state index contributed by atoms with van der Waals surface area (Å²) < 4.78 is 34.1. The van der Waals surface area contributed by atoms with Gasteiger partial charge in [-0.15, -0.1) is 11.6 Å². The zero-order valence-corrected chi connectivity index (χ0v) is 13.7. The molecule has 0 aromatic rings. The minimum Gasteiger partial charge on any atom is -0.377 e. The van der Waals surface area contributed by atoms with Gasteiger partial charge in [0, 0.05) is 38.7 Å². The maximum atomic E-state index is 12.6. The van der Waals surface area contributed by atoms with Gasteiger partial charge in [0.2, 0.25) is 0 Å². The minimum atomic E-state index is -3.32. The van der Waals surface area contributed by atoms with Crippen molar-refractivity contribution in [2.45, 2.75) is 38.7 Å². The predicted molar refractivity (Wildman–Crippen MR) is 80.2 cm³/mol. The maximum Gasteiger partial charge on any atom is 0.282 e. The molecule has 0 aliphatic carbocycles. The highest BCUT2D eigenvalue weighted by molar-refractivity contribution is 7.86. The number of hydrogen-bond acceptors (Lipinski definition) is 3. The topological polar surface area (TPSA) is 49.9 Å². The lowest BCUT2D eigenvalue weighted by molar-refractivity contribution is 0.0248. The Morgan fingerprint density at radius 2 is 1.85 bits per heavy atom. The fourth-order valence-electron chi connectivity index (χ4n) is 2.94. The molecular weight excluding hydrogens is 300 g/mol. The van der Waals surface area contributed by atoms with Crippen molar-refractivity contribution in [3.8, 4) is 0 Å². The Morgan fingerprint density at radius 1 is 1.15 bits per heavy atom. The molecular formula is C13H25ClN2O3S. The van der Waals surface area contributed by atoms with Crippen LogP contribution in [0.5, 0.6) is 0 Å². The molecule has 2 saturated heterocycles. The molecule has 2 aliphatic heterocycles. The van der Waals surface area contributed by atoms with Gasteiger partial charge in [-0.1, -0.05) is 0 Å². The number of nitrogens with zero attached hydrogens (tertiary/aromatic N) is 2. The van der Waals surface area contributed by atoms with E-state index in [1.165, 1.54) is 0 Å². The molecule has 1 atom stereocenters. The number of ether oxygens (including phenoxy) is 1. The average molecular weight is 325 g/mol. The maximum absolute atomic E-state index is 12.6. The van der Waals surface area contributed by atoms with Crippen LogP contribution in [-0.4, -0.2) is 61.8 Å². The Morgan fingerprint density at radius 3 is 2.45 bits per heavy atom. The molecule has 118 valence electrons. The lowest BCUT2D eigenvalue weighted by atomic mass is 10.0. The van der Waals surface area contributed by atoms with Crippen molar-refractivity contribution < 1.29 is 13.2 Å². The number of halogens is 1. The molecule has 5 nitrogen and oxygen atoms in total. The Kier molecular flexibility index (Phi) is 6.10. The molecule has 1 unspecified atom stereocenters. The quantitative estimate of drug-likeness (QED) is 0.723. The van der Waals surface area contributed by atoms with Gasteiger partial charge in [0.1, 0.15) is 0 Å². The smallest absolute Gasteiger partial charge is 0.282 e. The summed E-state index contributed by atoms with van der Waals surface area (Å²) in [4.78, 5) is 0. The van der Waals surface area contributed by atoms with Gasteiger partial charge in [0.25, 0.3) is 10.2 Å². The van der Waals surface area contributed by atoms with Gasteiger partial charge in [0.05, 0.1) is 6.10 Å². The molecule has 2 aliphatic rings. The van der Waals surface area contributed by atoms with E-state index in [1.807, 2.05) is 6.92 Å². The summed E-state index contributed by atoms with van der Waals surface area (Å²) in [5, 5.41) is 0. The predicted octanol–water partition coefficient (Wildman–Crippen LogP) is 1.68. The number of hydrogen-bond donors (Lipinski definition) is 0. The van der Waals surface area contributed by atoms with Crippen LogP contribution < -0.4 is 0 Å². The number of piperidine rings is 2. The van der Waals surface area contributed by atoms with Gasteiger partial charge in [-0.3, -0.25) is 0 Å². The first-order chi connectivity index (χ1) is 9.57. The highest BCUT2D eigenvalue weighted by Gasteiger charge is 2.35. The summed E-state index contributed by atoms with van der Waals surface area (Å²) in [6.45, 7) is 4.88. The summed E-state index contributed by atoms with van der Waals surface area (Å²) in [5.74, 6) is 1.09. The standard InChI is InChI=1S/C13H25ClN2O3S/c1-2-19-13-4-3-7-16(11-13)20(17,18)15-8-5-12(10-14)6-9-15/h12-13H,2-11H2,1H3. The van der Waals surface area contributed by atoms with Crippen LogP contribution in [0, 0.1) is 5.92 Å². The summed E-state index contributed by atoms with van der Waals surface area (Å²) in [6.07, 6.45) is 3.61. The van der Waals surface area contributed by atoms with E-state index >= 15 is 0 Å². The van der Waals surface area contributed by atoms with Crippen molar-refractivity contribution in [2.75, 3.05) is 38.7 Å². The van der Waals surface area contributed by atoms with Crippen molar-refractivity contribution in [3.63, 3.8) is 0 Å². The third kappa shape index (κ3) is 3.85. The third-order valence-electron chi connectivity index (χ3n) is 4.19. The molecule has 0 spiro atoms. The van der Waals surface area contributed by atoms with Gasteiger partial charge in [0.15, 0.2) is 0 Å². The second-order valence-corrected chi connectivity index (χ2v) is 7.82. The molecule has 2 rings (SSSR count). The van der Waals surface area contributed by atoms with Crippen LogP contribution >= 0.6 is 11.6 Å². The Labute approximate surface area is 127 Å². The molecule has 0 radical (unpaired) electrons. The first kappa shape index (κ1) is 16.5. The first-order valence-electron chi connectivity index (χ1n) is 7.50. The van der Waals surface area contributed by atoms with Crippen molar-refractivity contribution in [2.24, 2.45) is 5.92 Å². The molecule has 20 heavy (non-hydrogen) atoms. The van der Waals surface area contributed by atoms with Crippen LogP contribution in [0.2, 0.25) is 0 Å². The van der Waals surface area contributed by atoms with Gasteiger partial charge < -0.3 is 4.74 Å². The van der Waals surface area contributed by atoms with Gasteiger partial charge in [-0.25, -0.2) is 0 Å². The van der Waals surface area contributed by atoms with E-state index < -0.39 is 10.2 Å². The Bertz CT molecular complexity index is 394. The molecule has 2 fully saturated rings. The van der Waals surface area contributed by atoms with Gasteiger partial charge in [-0.2, -0.15) is 17.0 Å². The summed E-state index contributed by atoms with van der Waals surface area (Å²) in [6, 6.07) is 0. The number of alkyl halides is 1. The van der Waals surface area contributed by atoms with E-state index in [4.69, 9.17) is 16.3 Å². The second-order valence-electron chi connectivity index (χ2n) is 5.58. The zero-order valence-electron chi connectivity index (χ0n) is 12.1. The molecule has 2 heterocycles. The SMILES string of the molecule is CCOC1CCCN(S(=O)(=O)N2CCC(CCl)CC2)C1. The van der Waals surface area contributed by atoms with Crippen LogP contribution in [0.15, 0.2) is 0 Å². The Hall–Kier alpha value is 0.120. The molecule has 0 aromatic carbocycles. The fourth-order valence-corrected chi connectivity index (χ4v) is 4.97. The third-order valence-corrected chi connectivity index (χ3v) is 6.63. The van der Waals surface area contributed by atoms with Crippen LogP contribution in [0.3, 0.4) is 0 Å². The first-order valence-corrected chi connectivity index (χ1v) is 9.43. The van der Waals surface area contributed by atoms with Crippen LogP contribution in [0.1, 0.15) is 32.6 Å². The lowest BCUT2D eigenvalue weighted by Crippen LogP contribution is -2.51. The summed E-state index contributed by atoms with van der Waals surface area (Å²) in [7, 11) is -3.32. The van der Waals surface area contributed by atoms with Crippen molar-refractivity contribution >= 4 is 21.8 Å². The molecule has 7 heteroatoms. The van der Waals surface area contributed by atoms with E-state index in [-0.39, 0.29) is 6.10 Å². The minimum absolute atomic E-state index is 0.0453. The highest BCUT2D eigenvalue weighted by Crippen LogP contribution is 2.24. The summed E-state index contributed by atoms with van der Waals surface area (Å²) in [5.41, 5.74) is 0. The fraction of sp³-hybridized carbons (Fsp3) is 1.00. The van der Waals surface area contributed by atoms with Crippen LogP contribution in [-0.2, 0) is 14.9 Å². The molecule has 0 N–H and O–H groups in total. The second kappa shape index (κ2) is 7.40. The van der Waals surface area contributed by atoms with E-state index in [1.54, 1.807) is 8.61 Å². The molecule has 0 saturated carbocycles. The molecule has 0 aromatic heterocycles. The van der Waals surface area contributed by atoms with Crippen molar-refractivity contribution in [1.82, 2.24) is 8.61 Å². The highest BCUT2D eigenvalue weighted by atomic mass is 35.5. The van der Waals surface area contributed by atoms with Gasteiger partial charge in [-0.05, 0) is 38.5 Å². The van der Waals surface area contributed by atoms with E-state index in [9.17, 15) is 8.42 Å². The average Bonchev–Trinajstić information content (AvgIpc) is 2.48. The molecule has 0 bridgehead atoms. The monoisotopic (exact) mass is 324 g/mol. The largest absolute Gasteiger partial charge is 0.377 e.